The van der Waals surface area contributed by atoms with Crippen LogP contribution in [0.2, 0.25) is 0 Å². The number of hydrogen-bond acceptors (Lipinski definition) is 6. The van der Waals surface area contributed by atoms with Crippen molar-refractivity contribution >= 4 is 29.4 Å². The van der Waals surface area contributed by atoms with Crippen molar-refractivity contribution in [1.82, 2.24) is 10.6 Å². The lowest BCUT2D eigenvalue weighted by molar-refractivity contribution is -0.156. The normalized spacial score (nSPS) is 16.8. The van der Waals surface area contributed by atoms with E-state index in [1.165, 1.54) is 25.1 Å². The van der Waals surface area contributed by atoms with Gasteiger partial charge in [0.05, 0.1) is 12.8 Å². The molecule has 9 heteroatoms. The lowest BCUT2D eigenvalue weighted by atomic mass is 9.94. The van der Waals surface area contributed by atoms with Crippen molar-refractivity contribution < 1.29 is 29.0 Å². The van der Waals surface area contributed by atoms with Crippen molar-refractivity contribution in [3.05, 3.63) is 94.5 Å². The maximum absolute atomic E-state index is 13.1. The quantitative estimate of drug-likeness (QED) is 0.262. The minimum absolute atomic E-state index is 0.0664. The van der Waals surface area contributed by atoms with Gasteiger partial charge in [-0.05, 0) is 50.1 Å². The number of carbonyl (C=O) groups is 4. The van der Waals surface area contributed by atoms with E-state index in [-0.39, 0.29) is 24.5 Å². The van der Waals surface area contributed by atoms with Gasteiger partial charge in [-0.15, -0.1) is 0 Å². The Kier molecular flexibility index (Phi) is 8.29. The summed E-state index contributed by atoms with van der Waals surface area (Å²) in [7, 11) is 0. The van der Waals surface area contributed by atoms with Gasteiger partial charge in [-0.25, -0.2) is 0 Å². The Morgan fingerprint density at radius 1 is 0.923 bits per heavy atom. The molecule has 39 heavy (non-hydrogen) atoms. The molecule has 0 spiro atoms. The van der Waals surface area contributed by atoms with E-state index in [4.69, 9.17) is 4.74 Å². The van der Waals surface area contributed by atoms with Gasteiger partial charge in [0.15, 0.2) is 0 Å². The average Bonchev–Trinajstić information content (AvgIpc) is 2.89. The van der Waals surface area contributed by atoms with Crippen molar-refractivity contribution in [1.29, 1.82) is 0 Å². The van der Waals surface area contributed by atoms with Crippen molar-refractivity contribution in [2.75, 3.05) is 5.32 Å². The second kappa shape index (κ2) is 11.8. The summed E-state index contributed by atoms with van der Waals surface area (Å²) in [5, 5.41) is 18.1. The van der Waals surface area contributed by atoms with Crippen LogP contribution in [0.3, 0.4) is 0 Å². The Balaban J connectivity index is 1.48. The van der Waals surface area contributed by atoms with Crippen LogP contribution < -0.4 is 16.0 Å². The molecule has 9 nitrogen and oxygen atoms in total. The number of phenols is 1. The number of esters is 1. The van der Waals surface area contributed by atoms with E-state index in [0.717, 1.165) is 16.7 Å². The molecule has 4 N–H and O–H groups in total. The summed E-state index contributed by atoms with van der Waals surface area (Å²) in [6, 6.07) is 17.1. The SMILES string of the molecule is Cc1ccc(CC(=O)N[C@@H](C)C(=O)N[C@H]2c3cc(O)ccc3NC(=O)[C@@H]2OC(=O)Cc2ccc(C)cc2)cc1. The molecule has 4 rings (SSSR count). The van der Waals surface area contributed by atoms with Crippen molar-refractivity contribution in [2.45, 2.75) is 51.8 Å². The van der Waals surface area contributed by atoms with Crippen LogP contribution in [0.15, 0.2) is 66.7 Å². The van der Waals surface area contributed by atoms with Crippen LogP contribution in [0.4, 0.5) is 5.69 Å². The molecule has 0 saturated carbocycles. The molecule has 1 aliphatic heterocycles. The number of amides is 3. The minimum atomic E-state index is -1.39. The molecule has 0 bridgehead atoms. The minimum Gasteiger partial charge on any atom is -0.508 e. The summed E-state index contributed by atoms with van der Waals surface area (Å²) in [4.78, 5) is 51.4. The molecule has 0 aromatic heterocycles. The summed E-state index contributed by atoms with van der Waals surface area (Å²) in [6.45, 7) is 5.40. The van der Waals surface area contributed by atoms with E-state index in [0.29, 0.717) is 16.8 Å². The smallest absolute Gasteiger partial charge is 0.311 e. The lowest BCUT2D eigenvalue weighted by Gasteiger charge is -2.33. The van der Waals surface area contributed by atoms with Crippen molar-refractivity contribution in [3.8, 4) is 5.75 Å². The molecular formula is C30H31N3O6. The fourth-order valence-electron chi connectivity index (χ4n) is 4.30. The Morgan fingerprint density at radius 3 is 2.13 bits per heavy atom. The number of hydrogen-bond donors (Lipinski definition) is 4. The van der Waals surface area contributed by atoms with E-state index in [1.807, 2.05) is 50.2 Å². The summed E-state index contributed by atoms with van der Waals surface area (Å²) >= 11 is 0. The second-order valence-electron chi connectivity index (χ2n) is 9.77. The average molecular weight is 530 g/mol. The van der Waals surface area contributed by atoms with Gasteiger partial charge in [0, 0.05) is 11.3 Å². The predicted molar refractivity (Wildman–Crippen MR) is 145 cm³/mol. The first-order chi connectivity index (χ1) is 18.6. The van der Waals surface area contributed by atoms with Crippen LogP contribution in [-0.2, 0) is 36.8 Å². The Labute approximate surface area is 226 Å². The number of benzene rings is 3. The van der Waals surface area contributed by atoms with Gasteiger partial charge in [-0.2, -0.15) is 0 Å². The number of aromatic hydroxyl groups is 1. The van der Waals surface area contributed by atoms with E-state index in [9.17, 15) is 24.3 Å². The highest BCUT2D eigenvalue weighted by molar-refractivity contribution is 6.00. The van der Waals surface area contributed by atoms with Crippen molar-refractivity contribution in [2.24, 2.45) is 0 Å². The van der Waals surface area contributed by atoms with Crippen molar-refractivity contribution in [3.63, 3.8) is 0 Å². The summed E-state index contributed by atoms with van der Waals surface area (Å²) < 4.78 is 5.56. The summed E-state index contributed by atoms with van der Waals surface area (Å²) in [6.07, 6.45) is -1.36. The first kappa shape index (κ1) is 27.4. The maximum atomic E-state index is 13.1. The molecule has 1 aliphatic rings. The molecule has 3 atom stereocenters. The number of phenolic OH excluding ortho intramolecular Hbond substituents is 1. The number of aryl methyl sites for hydroxylation is 2. The summed E-state index contributed by atoms with van der Waals surface area (Å²) in [5.74, 6) is -2.29. The third-order valence-corrected chi connectivity index (χ3v) is 6.47. The zero-order valence-corrected chi connectivity index (χ0v) is 22.0. The standard InChI is InChI=1S/C30H31N3O6/c1-17-4-8-20(9-5-17)14-25(35)31-19(3)29(37)33-27-23-16-22(34)12-13-24(23)32-30(38)28(27)39-26(36)15-21-10-6-18(2)7-11-21/h4-13,16,19,27-28,34H,14-15H2,1-3H3,(H,31,35)(H,32,38)(H,33,37)/t19-,27-,28+/m0/s1. The highest BCUT2D eigenvalue weighted by atomic mass is 16.5. The molecular weight excluding hydrogens is 498 g/mol. The molecule has 0 fully saturated rings. The number of carbonyl (C=O) groups excluding carboxylic acids is 4. The van der Waals surface area contributed by atoms with Gasteiger partial charge in [-0.3, -0.25) is 19.2 Å². The van der Waals surface area contributed by atoms with Crippen LogP contribution in [-0.4, -0.2) is 40.9 Å². The first-order valence-electron chi connectivity index (χ1n) is 12.6. The number of rotatable bonds is 8. The number of ether oxygens (including phenoxy) is 1. The maximum Gasteiger partial charge on any atom is 0.311 e. The molecule has 0 radical (unpaired) electrons. The third kappa shape index (κ3) is 7.01. The largest absolute Gasteiger partial charge is 0.508 e. The third-order valence-electron chi connectivity index (χ3n) is 6.47. The van der Waals surface area contributed by atoms with Gasteiger partial charge < -0.3 is 25.8 Å². The highest BCUT2D eigenvalue weighted by Crippen LogP contribution is 2.35. The number of anilines is 1. The van der Waals surface area contributed by atoms with E-state index in [1.54, 1.807) is 12.1 Å². The molecule has 1 heterocycles. The molecule has 0 saturated heterocycles. The van der Waals surface area contributed by atoms with E-state index < -0.39 is 36.0 Å². The van der Waals surface area contributed by atoms with Crippen LogP contribution in [0.1, 0.15) is 40.8 Å². The number of fused-ring (bicyclic) bond motifs is 1. The predicted octanol–water partition coefficient (Wildman–Crippen LogP) is 3.02. The zero-order chi connectivity index (χ0) is 28.1. The highest BCUT2D eigenvalue weighted by Gasteiger charge is 2.40. The summed E-state index contributed by atoms with van der Waals surface area (Å²) in [5.41, 5.74) is 4.37. The lowest BCUT2D eigenvalue weighted by Crippen LogP contribution is -2.52. The monoisotopic (exact) mass is 529 g/mol. The second-order valence-corrected chi connectivity index (χ2v) is 9.77. The molecule has 3 aromatic carbocycles. The van der Waals surface area contributed by atoms with E-state index >= 15 is 0 Å². The van der Waals surface area contributed by atoms with Gasteiger partial charge in [0.1, 0.15) is 17.8 Å². The van der Waals surface area contributed by atoms with Gasteiger partial charge in [-0.1, -0.05) is 59.7 Å². The van der Waals surface area contributed by atoms with Crippen LogP contribution in [0, 0.1) is 13.8 Å². The van der Waals surface area contributed by atoms with Crippen LogP contribution in [0.25, 0.3) is 0 Å². The molecule has 0 unspecified atom stereocenters. The van der Waals surface area contributed by atoms with Gasteiger partial charge in [0.2, 0.25) is 17.9 Å². The molecule has 3 aromatic rings. The van der Waals surface area contributed by atoms with Gasteiger partial charge >= 0.3 is 5.97 Å². The van der Waals surface area contributed by atoms with Crippen LogP contribution >= 0.6 is 0 Å². The fourth-order valence-corrected chi connectivity index (χ4v) is 4.30. The molecule has 3 amide bonds. The first-order valence-corrected chi connectivity index (χ1v) is 12.6. The Bertz CT molecular complexity index is 1380. The topological polar surface area (TPSA) is 134 Å². The molecule has 0 aliphatic carbocycles. The Morgan fingerprint density at radius 2 is 1.51 bits per heavy atom. The Hall–Kier alpha value is -4.66. The number of nitrogens with one attached hydrogen (secondary N) is 3. The van der Waals surface area contributed by atoms with Crippen LogP contribution in [0.5, 0.6) is 5.75 Å². The van der Waals surface area contributed by atoms with E-state index in [2.05, 4.69) is 16.0 Å². The molecule has 202 valence electrons. The fraction of sp³-hybridized carbons (Fsp3) is 0.267. The zero-order valence-electron chi connectivity index (χ0n) is 22.0. The van der Waals surface area contributed by atoms with Gasteiger partial charge in [0.25, 0.3) is 5.91 Å².